The van der Waals surface area contributed by atoms with Crippen molar-refractivity contribution >= 4 is 46.4 Å². The maximum atomic E-state index is 10.8. The zero-order valence-corrected chi connectivity index (χ0v) is 31.5. The third kappa shape index (κ3) is 56.3. The molecule has 0 unspecified atom stereocenters. The van der Waals surface area contributed by atoms with Crippen LogP contribution in [0.15, 0.2) is 0 Å². The molecule has 0 atom stereocenters. The Labute approximate surface area is 293 Å². The first-order valence-corrected chi connectivity index (χ1v) is 19.8. The summed E-state index contributed by atoms with van der Waals surface area (Å²) in [6.07, 6.45) is 37.0. The highest BCUT2D eigenvalue weighted by molar-refractivity contribution is 6.61. The molecule has 6 nitrogen and oxygen atoms in total. The third-order valence-electron chi connectivity index (χ3n) is 7.57. The minimum absolute atomic E-state index is 0.141. The summed E-state index contributed by atoms with van der Waals surface area (Å²) in [5, 5.41) is 8.64. The molecule has 0 radical (unpaired) electrons. The lowest BCUT2D eigenvalue weighted by atomic mass is 10.0. The minimum atomic E-state index is -0.870. The Hall–Kier alpha value is -0.430. The van der Waals surface area contributed by atoms with E-state index in [9.17, 15) is 9.59 Å². The van der Waals surface area contributed by atoms with E-state index in [0.29, 0.717) is 13.2 Å². The Morgan fingerprint density at radius 3 is 0.978 bits per heavy atom. The van der Waals surface area contributed by atoms with Crippen LogP contribution < -0.4 is 0 Å². The molecule has 9 heteroatoms. The fourth-order valence-corrected chi connectivity index (χ4v) is 5.19. The highest BCUT2D eigenvalue weighted by Gasteiger charge is 2.01. The zero-order valence-electron chi connectivity index (χ0n) is 29.2. The van der Waals surface area contributed by atoms with E-state index in [4.69, 9.17) is 33.0 Å². The smallest absolute Gasteiger partial charge is 0.437 e. The standard InChI is InChI=1S/C18H35ClO3.C16H34O.C2H2Cl2O2/c1-2-3-4-5-6-7-8-9-10-11-12-13-14-15-16-21-18(20)22-17-19;1-2-3-4-5-6-7-8-9-10-11-12-13-14-15-16-17;3-1-6-2(4)5/h2-17H2,1H3;17H,2-16H2,1H3;1H2. The Morgan fingerprint density at radius 2 is 0.733 bits per heavy atom. The maximum absolute atomic E-state index is 10.8. The van der Waals surface area contributed by atoms with Crippen molar-refractivity contribution in [1.29, 1.82) is 0 Å². The Kier molecular flexibility index (Phi) is 52.2. The van der Waals surface area contributed by atoms with E-state index < -0.39 is 11.6 Å². The lowest BCUT2D eigenvalue weighted by molar-refractivity contribution is 0.0664. The molecule has 0 saturated carbocycles. The largest absolute Gasteiger partial charge is 0.509 e. The van der Waals surface area contributed by atoms with Gasteiger partial charge in [0.25, 0.3) is 0 Å². The van der Waals surface area contributed by atoms with E-state index >= 15 is 0 Å². The molecule has 0 aliphatic rings. The predicted molar refractivity (Wildman–Crippen MR) is 194 cm³/mol. The van der Waals surface area contributed by atoms with Crippen molar-refractivity contribution in [2.75, 3.05) is 25.3 Å². The summed E-state index contributed by atoms with van der Waals surface area (Å²) in [6.45, 7) is 5.36. The first-order chi connectivity index (χ1) is 22.0. The van der Waals surface area contributed by atoms with Gasteiger partial charge in [0.15, 0.2) is 12.1 Å². The Balaban J connectivity index is -0.000000677. The molecule has 272 valence electrons. The summed E-state index contributed by atoms with van der Waals surface area (Å²) in [4.78, 5) is 20.4. The number of rotatable bonds is 31. The normalized spacial score (nSPS) is 10.4. The van der Waals surface area contributed by atoms with E-state index in [1.54, 1.807) is 0 Å². The second kappa shape index (κ2) is 48.0. The van der Waals surface area contributed by atoms with E-state index in [2.05, 4.69) is 34.9 Å². The van der Waals surface area contributed by atoms with Gasteiger partial charge in [-0.15, -0.1) is 0 Å². The summed E-state index contributed by atoms with van der Waals surface area (Å²) >= 11 is 14.7. The number of ether oxygens (including phenoxy) is 3. The molecule has 0 amide bonds. The molecule has 0 saturated heterocycles. The molecular formula is C36H71Cl3O6. The number of carbonyl (C=O) groups excluding carboxylic acids is 2. The minimum Gasteiger partial charge on any atom is -0.437 e. The van der Waals surface area contributed by atoms with Crippen LogP contribution in [0.25, 0.3) is 0 Å². The van der Waals surface area contributed by atoms with E-state index in [0.717, 1.165) is 19.3 Å². The Morgan fingerprint density at radius 1 is 0.444 bits per heavy atom. The average molecular weight is 706 g/mol. The van der Waals surface area contributed by atoms with Crippen molar-refractivity contribution in [2.45, 2.75) is 194 Å². The SMILES string of the molecule is CCCCCCCCCCCCCCCCO.CCCCCCCCCCCCCCCCOC(=O)OCCl.O=C(Cl)OCCl. The van der Waals surface area contributed by atoms with Crippen LogP contribution in [0.4, 0.5) is 9.59 Å². The number of hydrogen-bond donors (Lipinski definition) is 1. The lowest BCUT2D eigenvalue weighted by Gasteiger charge is -2.04. The van der Waals surface area contributed by atoms with Gasteiger partial charge >= 0.3 is 11.6 Å². The summed E-state index contributed by atoms with van der Waals surface area (Å²) in [7, 11) is 0. The van der Waals surface area contributed by atoms with Gasteiger partial charge in [0.1, 0.15) is 0 Å². The first-order valence-electron chi connectivity index (χ1n) is 18.3. The van der Waals surface area contributed by atoms with Gasteiger partial charge in [-0.1, -0.05) is 204 Å². The van der Waals surface area contributed by atoms with E-state index in [1.165, 1.54) is 161 Å². The highest BCUT2D eigenvalue weighted by Crippen LogP contribution is 2.14. The molecule has 0 aromatic heterocycles. The quantitative estimate of drug-likeness (QED) is 0.0334. The average Bonchev–Trinajstić information content (AvgIpc) is 3.02. The monoisotopic (exact) mass is 704 g/mol. The molecule has 0 rings (SSSR count). The number of carbonyl (C=O) groups is 2. The number of aliphatic hydroxyl groups is 1. The van der Waals surface area contributed by atoms with Gasteiger partial charge in [-0.3, -0.25) is 0 Å². The number of hydrogen-bond acceptors (Lipinski definition) is 6. The zero-order chi connectivity index (χ0) is 33.9. The predicted octanol–water partition coefficient (Wildman–Crippen LogP) is 13.8. The summed E-state index contributed by atoms with van der Waals surface area (Å²) in [5.41, 5.74) is -0.870. The summed E-state index contributed by atoms with van der Waals surface area (Å²) in [5.74, 6) is 0. The van der Waals surface area contributed by atoms with Crippen LogP contribution in [-0.2, 0) is 14.2 Å². The van der Waals surface area contributed by atoms with E-state index in [-0.39, 0.29) is 12.1 Å². The van der Waals surface area contributed by atoms with Crippen molar-refractivity contribution in [3.05, 3.63) is 0 Å². The molecule has 0 bridgehead atoms. The highest BCUT2D eigenvalue weighted by atomic mass is 35.5. The summed E-state index contributed by atoms with van der Waals surface area (Å²) in [6, 6.07) is -0.320. The number of alkyl halides is 2. The van der Waals surface area contributed by atoms with Crippen LogP contribution in [0.5, 0.6) is 0 Å². The van der Waals surface area contributed by atoms with Crippen LogP contribution in [0, 0.1) is 0 Å². The van der Waals surface area contributed by atoms with Crippen LogP contribution in [0.2, 0.25) is 0 Å². The molecule has 45 heavy (non-hydrogen) atoms. The maximum Gasteiger partial charge on any atom is 0.509 e. The topological polar surface area (TPSA) is 82.1 Å². The molecule has 0 aliphatic heterocycles. The fraction of sp³-hybridized carbons (Fsp3) is 0.944. The molecule has 0 fully saturated rings. The van der Waals surface area contributed by atoms with Crippen molar-refractivity contribution in [3.8, 4) is 0 Å². The van der Waals surface area contributed by atoms with Crippen LogP contribution in [0.1, 0.15) is 194 Å². The fourth-order valence-electron chi connectivity index (χ4n) is 4.89. The molecule has 0 aromatic rings. The van der Waals surface area contributed by atoms with Gasteiger partial charge in [-0.2, -0.15) is 0 Å². The molecule has 0 spiro atoms. The van der Waals surface area contributed by atoms with Crippen molar-refractivity contribution in [2.24, 2.45) is 0 Å². The third-order valence-corrected chi connectivity index (χ3v) is 7.90. The molecule has 0 heterocycles. The second-order valence-corrected chi connectivity index (χ2v) is 12.5. The summed E-state index contributed by atoms with van der Waals surface area (Å²) < 4.78 is 13.2. The van der Waals surface area contributed by atoms with Crippen molar-refractivity contribution in [1.82, 2.24) is 0 Å². The van der Waals surface area contributed by atoms with E-state index in [1.807, 2.05) is 0 Å². The van der Waals surface area contributed by atoms with Gasteiger partial charge < -0.3 is 19.3 Å². The van der Waals surface area contributed by atoms with Crippen molar-refractivity contribution in [3.63, 3.8) is 0 Å². The number of halogens is 3. The van der Waals surface area contributed by atoms with Gasteiger partial charge in [-0.05, 0) is 12.8 Å². The number of aliphatic hydroxyl groups excluding tert-OH is 1. The van der Waals surface area contributed by atoms with Crippen LogP contribution in [0.3, 0.4) is 0 Å². The van der Waals surface area contributed by atoms with Crippen LogP contribution in [-0.4, -0.2) is 42.0 Å². The molecular weight excluding hydrogens is 635 g/mol. The van der Waals surface area contributed by atoms with Gasteiger partial charge in [0, 0.05) is 18.2 Å². The second-order valence-electron chi connectivity index (χ2n) is 11.8. The van der Waals surface area contributed by atoms with Crippen LogP contribution >= 0.6 is 34.8 Å². The molecule has 1 N–H and O–H groups in total. The van der Waals surface area contributed by atoms with Crippen molar-refractivity contribution < 1.29 is 28.9 Å². The van der Waals surface area contributed by atoms with Gasteiger partial charge in [-0.25, -0.2) is 9.59 Å². The van der Waals surface area contributed by atoms with Gasteiger partial charge in [0.05, 0.1) is 6.61 Å². The first kappa shape index (κ1) is 49.0. The molecule has 0 aromatic carbocycles. The van der Waals surface area contributed by atoms with Gasteiger partial charge in [0.2, 0.25) is 0 Å². The number of unbranched alkanes of at least 4 members (excludes halogenated alkanes) is 26. The molecule has 0 aliphatic carbocycles. The Bertz CT molecular complexity index is 541. The lowest BCUT2D eigenvalue weighted by Crippen LogP contribution is -2.07.